The molecule has 0 unspecified atom stereocenters. The predicted molar refractivity (Wildman–Crippen MR) is 38.1 cm³/mol. The Morgan fingerprint density at radius 2 is 2.40 bits per heavy atom. The third-order valence-electron chi connectivity index (χ3n) is 1.05. The second-order valence-electron chi connectivity index (χ2n) is 1.83. The fraction of sp³-hybridized carbons (Fsp3) is 0.250. The summed E-state index contributed by atoms with van der Waals surface area (Å²) in [5, 5.41) is 8.90. The molecular formula is C8H9O2. The Morgan fingerprint density at radius 1 is 1.60 bits per heavy atom. The van der Waals surface area contributed by atoms with Crippen molar-refractivity contribution < 1.29 is 9.84 Å². The van der Waals surface area contributed by atoms with Crippen LogP contribution in [0, 0.1) is 6.07 Å². The minimum Gasteiger partial charge on any atom is -0.507 e. The fourth-order valence-electron chi connectivity index (χ4n) is 0.676. The van der Waals surface area contributed by atoms with Gasteiger partial charge in [0.1, 0.15) is 11.5 Å². The molecule has 2 heteroatoms. The molecule has 0 atom stereocenters. The molecule has 1 aromatic carbocycles. The van der Waals surface area contributed by atoms with Crippen LogP contribution in [-0.4, -0.2) is 11.7 Å². The smallest absolute Gasteiger partial charge is 0.131 e. The van der Waals surface area contributed by atoms with Gasteiger partial charge in [0.2, 0.25) is 0 Å². The molecule has 0 aliphatic rings. The van der Waals surface area contributed by atoms with Gasteiger partial charge in [-0.05, 0) is 19.1 Å². The van der Waals surface area contributed by atoms with Gasteiger partial charge in [-0.3, -0.25) is 0 Å². The lowest BCUT2D eigenvalue weighted by atomic mass is 10.3. The van der Waals surface area contributed by atoms with Crippen LogP contribution in [0.4, 0.5) is 0 Å². The zero-order valence-electron chi connectivity index (χ0n) is 5.79. The van der Waals surface area contributed by atoms with Gasteiger partial charge in [-0.25, -0.2) is 0 Å². The molecule has 53 valence electrons. The van der Waals surface area contributed by atoms with Crippen LogP contribution in [0.2, 0.25) is 0 Å². The maximum atomic E-state index is 8.90. The Morgan fingerprint density at radius 3 is 3.00 bits per heavy atom. The van der Waals surface area contributed by atoms with Crippen molar-refractivity contribution in [2.24, 2.45) is 0 Å². The van der Waals surface area contributed by atoms with E-state index in [4.69, 9.17) is 9.84 Å². The molecule has 2 nitrogen and oxygen atoms in total. The molecule has 0 saturated carbocycles. The lowest BCUT2D eigenvalue weighted by Crippen LogP contribution is -1.90. The van der Waals surface area contributed by atoms with E-state index in [1.54, 1.807) is 18.2 Å². The molecule has 0 bridgehead atoms. The molecule has 0 aliphatic carbocycles. The summed E-state index contributed by atoms with van der Waals surface area (Å²) in [4.78, 5) is 0. The molecule has 10 heavy (non-hydrogen) atoms. The SMILES string of the molecule is CCOc1[c]c(O)ccc1. The van der Waals surface area contributed by atoms with Gasteiger partial charge >= 0.3 is 0 Å². The highest BCUT2D eigenvalue weighted by Crippen LogP contribution is 2.15. The van der Waals surface area contributed by atoms with E-state index in [9.17, 15) is 0 Å². The van der Waals surface area contributed by atoms with Crippen molar-refractivity contribution in [3.63, 3.8) is 0 Å². The molecule has 1 N–H and O–H groups in total. The molecule has 0 fully saturated rings. The summed E-state index contributed by atoms with van der Waals surface area (Å²) in [5.74, 6) is 0.702. The minimum absolute atomic E-state index is 0.117. The standard InChI is InChI=1S/C8H9O2/c1-2-10-8-5-3-4-7(9)6-8/h3-5,9H,2H2,1H3. The number of benzene rings is 1. The minimum atomic E-state index is 0.117. The Hall–Kier alpha value is -1.18. The molecule has 0 heterocycles. The number of hydrogen-bond donors (Lipinski definition) is 1. The largest absolute Gasteiger partial charge is 0.507 e. The van der Waals surface area contributed by atoms with Crippen molar-refractivity contribution in [2.75, 3.05) is 6.61 Å². The van der Waals surface area contributed by atoms with Gasteiger partial charge < -0.3 is 9.84 Å². The molecule has 1 radical (unpaired) electrons. The summed E-state index contributed by atoms with van der Waals surface area (Å²) in [6.45, 7) is 2.48. The van der Waals surface area contributed by atoms with Crippen LogP contribution in [0.25, 0.3) is 0 Å². The van der Waals surface area contributed by atoms with E-state index in [2.05, 4.69) is 6.07 Å². The van der Waals surface area contributed by atoms with Crippen molar-refractivity contribution in [1.29, 1.82) is 0 Å². The van der Waals surface area contributed by atoms with Gasteiger partial charge in [-0.2, -0.15) is 0 Å². The Kier molecular flexibility index (Phi) is 2.15. The number of aromatic hydroxyl groups is 1. The normalized spacial score (nSPS) is 9.30. The summed E-state index contributed by atoms with van der Waals surface area (Å²) >= 11 is 0. The quantitative estimate of drug-likeness (QED) is 0.670. The monoisotopic (exact) mass is 137 g/mol. The topological polar surface area (TPSA) is 29.5 Å². The molecular weight excluding hydrogens is 128 g/mol. The fourth-order valence-corrected chi connectivity index (χ4v) is 0.676. The highest BCUT2D eigenvalue weighted by Gasteiger charge is 1.92. The third-order valence-corrected chi connectivity index (χ3v) is 1.05. The molecule has 0 aliphatic heterocycles. The van der Waals surface area contributed by atoms with Crippen LogP contribution in [-0.2, 0) is 0 Å². The second-order valence-corrected chi connectivity index (χ2v) is 1.83. The maximum Gasteiger partial charge on any atom is 0.131 e. The molecule has 1 aromatic rings. The number of rotatable bonds is 2. The van der Waals surface area contributed by atoms with E-state index >= 15 is 0 Å². The molecule has 0 aromatic heterocycles. The number of ether oxygens (including phenoxy) is 1. The Bertz CT molecular complexity index is 208. The van der Waals surface area contributed by atoms with E-state index < -0.39 is 0 Å². The molecule has 0 amide bonds. The van der Waals surface area contributed by atoms with E-state index in [0.717, 1.165) is 0 Å². The van der Waals surface area contributed by atoms with Gasteiger partial charge in [-0.15, -0.1) is 0 Å². The van der Waals surface area contributed by atoms with Gasteiger partial charge in [-0.1, -0.05) is 6.07 Å². The molecule has 1 rings (SSSR count). The first-order chi connectivity index (χ1) is 4.83. The number of hydrogen-bond acceptors (Lipinski definition) is 2. The van der Waals surface area contributed by atoms with Crippen molar-refractivity contribution >= 4 is 0 Å². The van der Waals surface area contributed by atoms with Crippen LogP contribution in [0.15, 0.2) is 18.2 Å². The highest BCUT2D eigenvalue weighted by atomic mass is 16.5. The summed E-state index contributed by atoms with van der Waals surface area (Å²) in [6, 6.07) is 7.67. The number of phenols is 1. The summed E-state index contributed by atoms with van der Waals surface area (Å²) in [5.41, 5.74) is 0. The lowest BCUT2D eigenvalue weighted by molar-refractivity contribution is 0.337. The second kappa shape index (κ2) is 3.11. The predicted octanol–water partition coefficient (Wildman–Crippen LogP) is 1.59. The Labute approximate surface area is 60.1 Å². The van der Waals surface area contributed by atoms with Gasteiger partial charge in [0.05, 0.1) is 12.7 Å². The van der Waals surface area contributed by atoms with E-state index in [0.29, 0.717) is 12.4 Å². The highest BCUT2D eigenvalue weighted by molar-refractivity contribution is 5.29. The summed E-state index contributed by atoms with van der Waals surface area (Å²) < 4.78 is 5.07. The van der Waals surface area contributed by atoms with Crippen molar-refractivity contribution in [3.8, 4) is 11.5 Å². The zero-order valence-corrected chi connectivity index (χ0v) is 5.79. The lowest BCUT2D eigenvalue weighted by Gasteiger charge is -2.00. The molecule has 0 saturated heterocycles. The van der Waals surface area contributed by atoms with Gasteiger partial charge in [0.15, 0.2) is 0 Å². The van der Waals surface area contributed by atoms with Gasteiger partial charge in [0.25, 0.3) is 0 Å². The number of phenolic OH excluding ortho intramolecular Hbond substituents is 1. The zero-order chi connectivity index (χ0) is 7.40. The third kappa shape index (κ3) is 1.65. The van der Waals surface area contributed by atoms with E-state index in [-0.39, 0.29) is 5.75 Å². The first-order valence-corrected chi connectivity index (χ1v) is 3.17. The van der Waals surface area contributed by atoms with Crippen LogP contribution >= 0.6 is 0 Å². The Balaban J connectivity index is 2.75. The van der Waals surface area contributed by atoms with Crippen LogP contribution in [0.3, 0.4) is 0 Å². The average molecular weight is 137 g/mol. The van der Waals surface area contributed by atoms with Crippen molar-refractivity contribution in [2.45, 2.75) is 6.92 Å². The van der Waals surface area contributed by atoms with E-state index in [1.807, 2.05) is 6.92 Å². The molecule has 0 spiro atoms. The first-order valence-electron chi connectivity index (χ1n) is 3.17. The van der Waals surface area contributed by atoms with Crippen LogP contribution in [0.5, 0.6) is 11.5 Å². The van der Waals surface area contributed by atoms with Crippen molar-refractivity contribution in [3.05, 3.63) is 24.3 Å². The van der Waals surface area contributed by atoms with Crippen LogP contribution < -0.4 is 4.74 Å². The first kappa shape index (κ1) is 6.93. The average Bonchev–Trinajstić information content (AvgIpc) is 1.88. The maximum absolute atomic E-state index is 8.90. The summed E-state index contributed by atoms with van der Waals surface area (Å²) in [7, 11) is 0. The van der Waals surface area contributed by atoms with Gasteiger partial charge in [0, 0.05) is 0 Å². The van der Waals surface area contributed by atoms with Crippen LogP contribution in [0.1, 0.15) is 6.92 Å². The van der Waals surface area contributed by atoms with Crippen molar-refractivity contribution in [1.82, 2.24) is 0 Å². The van der Waals surface area contributed by atoms with E-state index in [1.165, 1.54) is 0 Å². The summed E-state index contributed by atoms with van der Waals surface area (Å²) in [6.07, 6.45) is 0.